The molecule has 1 rings (SSSR count). The molecule has 0 aromatic heterocycles. The summed E-state index contributed by atoms with van der Waals surface area (Å²) in [5.74, 6) is 0. The maximum absolute atomic E-state index is 9.97. The highest BCUT2D eigenvalue weighted by molar-refractivity contribution is 6.36. The summed E-state index contributed by atoms with van der Waals surface area (Å²) in [6, 6.07) is 5.29. The Balaban J connectivity index is 2.89. The lowest BCUT2D eigenvalue weighted by atomic mass is 9.97. The lowest BCUT2D eigenvalue weighted by Gasteiger charge is -2.23. The summed E-state index contributed by atoms with van der Waals surface area (Å²) in [4.78, 5) is 0. The van der Waals surface area contributed by atoms with Crippen LogP contribution in [0, 0.1) is 0 Å². The second-order valence-corrected chi connectivity index (χ2v) is 4.62. The highest BCUT2D eigenvalue weighted by Crippen LogP contribution is 2.28. The fourth-order valence-corrected chi connectivity index (χ4v) is 1.98. The maximum atomic E-state index is 9.97. The Bertz CT molecular complexity index is 317. The number of ether oxygens (including phenoxy) is 1. The molecule has 15 heavy (non-hydrogen) atoms. The van der Waals surface area contributed by atoms with Crippen molar-refractivity contribution in [1.29, 1.82) is 0 Å². The molecule has 0 aliphatic rings. The fourth-order valence-electron chi connectivity index (χ4n) is 1.44. The van der Waals surface area contributed by atoms with E-state index in [9.17, 15) is 5.11 Å². The second kappa shape index (κ2) is 5.17. The first-order valence-corrected chi connectivity index (χ1v) is 5.36. The van der Waals surface area contributed by atoms with Gasteiger partial charge in [-0.3, -0.25) is 0 Å². The first-order chi connectivity index (χ1) is 6.96. The number of hydrogen-bond donors (Lipinski definition) is 1. The van der Waals surface area contributed by atoms with Gasteiger partial charge in [0.25, 0.3) is 0 Å². The van der Waals surface area contributed by atoms with Crippen molar-refractivity contribution in [2.75, 3.05) is 13.7 Å². The van der Waals surface area contributed by atoms with Gasteiger partial charge in [0.15, 0.2) is 0 Å². The molecule has 1 aromatic carbocycles. The standard InChI is InChI=1S/C11H14Cl2O2/c1-11(14,7-15-2)6-8-9(12)4-3-5-10(8)13/h3-5,14H,6-7H2,1-2H3. The van der Waals surface area contributed by atoms with Crippen molar-refractivity contribution in [1.82, 2.24) is 0 Å². The quantitative estimate of drug-likeness (QED) is 0.888. The maximum Gasteiger partial charge on any atom is 0.0893 e. The van der Waals surface area contributed by atoms with E-state index >= 15 is 0 Å². The molecule has 0 heterocycles. The summed E-state index contributed by atoms with van der Waals surface area (Å²) in [7, 11) is 1.54. The lowest BCUT2D eigenvalue weighted by Crippen LogP contribution is -2.33. The van der Waals surface area contributed by atoms with Gasteiger partial charge in [-0.25, -0.2) is 0 Å². The minimum absolute atomic E-state index is 0.245. The molecule has 4 heteroatoms. The van der Waals surface area contributed by atoms with E-state index in [2.05, 4.69) is 0 Å². The summed E-state index contributed by atoms with van der Waals surface area (Å²) in [5.41, 5.74) is -0.202. The first-order valence-electron chi connectivity index (χ1n) is 4.60. The Labute approximate surface area is 99.8 Å². The zero-order valence-electron chi connectivity index (χ0n) is 8.76. The lowest BCUT2D eigenvalue weighted by molar-refractivity contribution is -0.0160. The van der Waals surface area contributed by atoms with E-state index in [-0.39, 0.29) is 6.61 Å². The molecule has 0 saturated carbocycles. The number of aliphatic hydroxyl groups is 1. The van der Waals surface area contributed by atoms with E-state index in [0.717, 1.165) is 5.56 Å². The minimum Gasteiger partial charge on any atom is -0.387 e. The van der Waals surface area contributed by atoms with Gasteiger partial charge in [-0.2, -0.15) is 0 Å². The normalized spacial score (nSPS) is 15.0. The average Bonchev–Trinajstić information content (AvgIpc) is 2.11. The molecule has 0 aliphatic carbocycles. The van der Waals surface area contributed by atoms with Crippen LogP contribution in [-0.4, -0.2) is 24.4 Å². The summed E-state index contributed by atoms with van der Waals surface area (Å²) in [6.45, 7) is 1.94. The van der Waals surface area contributed by atoms with Crippen molar-refractivity contribution in [3.05, 3.63) is 33.8 Å². The van der Waals surface area contributed by atoms with Crippen molar-refractivity contribution < 1.29 is 9.84 Å². The van der Waals surface area contributed by atoms with Crippen LogP contribution in [-0.2, 0) is 11.2 Å². The molecule has 0 aliphatic heterocycles. The monoisotopic (exact) mass is 248 g/mol. The smallest absolute Gasteiger partial charge is 0.0893 e. The van der Waals surface area contributed by atoms with Gasteiger partial charge >= 0.3 is 0 Å². The van der Waals surface area contributed by atoms with Crippen LogP contribution < -0.4 is 0 Å². The molecule has 1 atom stereocenters. The number of halogens is 2. The van der Waals surface area contributed by atoms with Crippen LogP contribution >= 0.6 is 23.2 Å². The third-order valence-corrected chi connectivity index (χ3v) is 2.78. The van der Waals surface area contributed by atoms with Crippen molar-refractivity contribution >= 4 is 23.2 Å². The van der Waals surface area contributed by atoms with E-state index in [1.54, 1.807) is 32.2 Å². The van der Waals surface area contributed by atoms with Gasteiger partial charge in [0, 0.05) is 23.6 Å². The Morgan fingerprint density at radius 1 is 1.33 bits per heavy atom. The molecular weight excluding hydrogens is 235 g/mol. The molecule has 2 nitrogen and oxygen atoms in total. The van der Waals surface area contributed by atoms with Gasteiger partial charge in [-0.1, -0.05) is 29.3 Å². The fraction of sp³-hybridized carbons (Fsp3) is 0.455. The van der Waals surface area contributed by atoms with E-state index in [0.29, 0.717) is 16.5 Å². The Morgan fingerprint density at radius 2 is 1.87 bits per heavy atom. The van der Waals surface area contributed by atoms with Crippen LogP contribution in [0.1, 0.15) is 12.5 Å². The van der Waals surface area contributed by atoms with Crippen molar-refractivity contribution in [2.24, 2.45) is 0 Å². The summed E-state index contributed by atoms with van der Waals surface area (Å²) >= 11 is 12.0. The van der Waals surface area contributed by atoms with Crippen LogP contribution in [0.2, 0.25) is 10.0 Å². The highest BCUT2D eigenvalue weighted by atomic mass is 35.5. The SMILES string of the molecule is COCC(C)(O)Cc1c(Cl)cccc1Cl. The molecule has 0 radical (unpaired) electrons. The summed E-state index contributed by atoms with van der Waals surface area (Å²) < 4.78 is 4.92. The predicted octanol–water partition coefficient (Wildman–Crippen LogP) is 2.93. The first kappa shape index (κ1) is 12.8. The van der Waals surface area contributed by atoms with Crippen LogP contribution in [0.5, 0.6) is 0 Å². The molecule has 0 fully saturated rings. The van der Waals surface area contributed by atoms with Crippen LogP contribution in [0.25, 0.3) is 0 Å². The van der Waals surface area contributed by atoms with Crippen molar-refractivity contribution in [3.63, 3.8) is 0 Å². The largest absolute Gasteiger partial charge is 0.387 e. The number of rotatable bonds is 4. The average molecular weight is 249 g/mol. The molecule has 1 N–H and O–H groups in total. The van der Waals surface area contributed by atoms with E-state index in [1.165, 1.54) is 0 Å². The molecule has 1 aromatic rings. The van der Waals surface area contributed by atoms with Gasteiger partial charge in [0.2, 0.25) is 0 Å². The van der Waals surface area contributed by atoms with Crippen molar-refractivity contribution in [2.45, 2.75) is 18.9 Å². The van der Waals surface area contributed by atoms with Crippen LogP contribution in [0.15, 0.2) is 18.2 Å². The molecular formula is C11H14Cl2O2. The Kier molecular flexibility index (Phi) is 4.41. The number of hydrogen-bond acceptors (Lipinski definition) is 2. The van der Waals surface area contributed by atoms with Crippen LogP contribution in [0.4, 0.5) is 0 Å². The molecule has 84 valence electrons. The van der Waals surface area contributed by atoms with E-state index < -0.39 is 5.60 Å². The summed E-state index contributed by atoms with van der Waals surface area (Å²) in [6.07, 6.45) is 0.374. The number of benzene rings is 1. The summed E-state index contributed by atoms with van der Waals surface area (Å²) in [5, 5.41) is 11.1. The number of methoxy groups -OCH3 is 1. The van der Waals surface area contributed by atoms with Crippen molar-refractivity contribution in [3.8, 4) is 0 Å². The van der Waals surface area contributed by atoms with E-state index in [1.807, 2.05) is 0 Å². The zero-order valence-corrected chi connectivity index (χ0v) is 10.3. The van der Waals surface area contributed by atoms with Gasteiger partial charge in [0.1, 0.15) is 0 Å². The zero-order chi connectivity index (χ0) is 11.5. The second-order valence-electron chi connectivity index (χ2n) is 3.81. The Morgan fingerprint density at radius 3 is 2.33 bits per heavy atom. The van der Waals surface area contributed by atoms with Gasteiger partial charge in [0.05, 0.1) is 12.2 Å². The molecule has 0 saturated heterocycles. The topological polar surface area (TPSA) is 29.5 Å². The molecule has 0 spiro atoms. The predicted molar refractivity (Wildman–Crippen MR) is 62.7 cm³/mol. The van der Waals surface area contributed by atoms with Crippen LogP contribution in [0.3, 0.4) is 0 Å². The van der Waals surface area contributed by atoms with Gasteiger partial charge < -0.3 is 9.84 Å². The third kappa shape index (κ3) is 3.65. The molecule has 1 unspecified atom stereocenters. The molecule has 0 amide bonds. The Hall–Kier alpha value is -0.280. The molecule has 0 bridgehead atoms. The minimum atomic E-state index is -0.955. The van der Waals surface area contributed by atoms with Gasteiger partial charge in [-0.05, 0) is 24.6 Å². The highest BCUT2D eigenvalue weighted by Gasteiger charge is 2.23. The van der Waals surface area contributed by atoms with E-state index in [4.69, 9.17) is 27.9 Å². The third-order valence-electron chi connectivity index (χ3n) is 2.07. The van der Waals surface area contributed by atoms with Gasteiger partial charge in [-0.15, -0.1) is 0 Å².